The zero-order valence-electron chi connectivity index (χ0n) is 22.7. The third-order valence-corrected chi connectivity index (χ3v) is 8.32. The van der Waals surface area contributed by atoms with Gasteiger partial charge in [-0.05, 0) is 79.6 Å². The van der Waals surface area contributed by atoms with E-state index in [4.69, 9.17) is 4.74 Å². The van der Waals surface area contributed by atoms with Gasteiger partial charge >= 0.3 is 0 Å². The molecule has 1 aromatic heterocycles. The van der Waals surface area contributed by atoms with Gasteiger partial charge < -0.3 is 15.4 Å². The molecule has 0 aliphatic rings. The second-order valence-electron chi connectivity index (χ2n) is 9.19. The van der Waals surface area contributed by atoms with E-state index >= 15 is 0 Å². The van der Waals surface area contributed by atoms with Crippen LogP contribution in [0.5, 0.6) is 5.75 Å². The molecule has 0 aliphatic heterocycles. The van der Waals surface area contributed by atoms with Crippen molar-refractivity contribution in [3.63, 3.8) is 0 Å². The number of hydrogen-bond donors (Lipinski definition) is 2. The Labute approximate surface area is 247 Å². The van der Waals surface area contributed by atoms with E-state index in [1.165, 1.54) is 23.1 Å². The fourth-order valence-corrected chi connectivity index (χ4v) is 5.95. The summed E-state index contributed by atoms with van der Waals surface area (Å²) in [6.45, 7) is 4.48. The van der Waals surface area contributed by atoms with E-state index in [2.05, 4.69) is 15.6 Å². The van der Waals surface area contributed by atoms with Crippen molar-refractivity contribution >= 4 is 45.7 Å². The second kappa shape index (κ2) is 13.3. The molecule has 0 saturated carbocycles. The first kappa shape index (κ1) is 28.1. The van der Waals surface area contributed by atoms with Gasteiger partial charge in [0.25, 0.3) is 5.91 Å². The average Bonchev–Trinajstić information content (AvgIpc) is 3.46. The molecule has 0 saturated heterocycles. The maximum atomic E-state index is 13.5. The van der Waals surface area contributed by atoms with Gasteiger partial charge in [0.2, 0.25) is 5.91 Å². The quantitative estimate of drug-likeness (QED) is 0.163. The summed E-state index contributed by atoms with van der Waals surface area (Å²) in [6, 6.07) is 32.4. The number of ether oxygens (including phenoxy) is 1. The molecule has 0 aliphatic carbocycles. The van der Waals surface area contributed by atoms with Crippen LogP contribution in [-0.4, -0.2) is 23.4 Å². The van der Waals surface area contributed by atoms with E-state index in [-0.39, 0.29) is 11.8 Å². The Bertz CT molecular complexity index is 1620. The van der Waals surface area contributed by atoms with Crippen LogP contribution in [0.4, 0.5) is 10.8 Å². The van der Waals surface area contributed by atoms with Crippen molar-refractivity contribution < 1.29 is 14.3 Å². The predicted molar refractivity (Wildman–Crippen MR) is 168 cm³/mol. The second-order valence-corrected chi connectivity index (χ2v) is 11.2. The Morgan fingerprint density at radius 3 is 2.29 bits per heavy atom. The Balaban J connectivity index is 1.28. The zero-order chi connectivity index (χ0) is 28.6. The molecule has 2 N–H and O–H groups in total. The van der Waals surface area contributed by atoms with E-state index < -0.39 is 5.25 Å². The summed E-state index contributed by atoms with van der Waals surface area (Å²) in [4.78, 5) is 31.8. The van der Waals surface area contributed by atoms with Crippen molar-refractivity contribution in [2.24, 2.45) is 0 Å². The lowest BCUT2D eigenvalue weighted by Gasteiger charge is -2.16. The Kier molecular flexibility index (Phi) is 9.13. The number of amides is 2. The fraction of sp³-hybridized carbons (Fsp3) is 0.121. The monoisotopic (exact) mass is 579 g/mol. The van der Waals surface area contributed by atoms with E-state index in [0.717, 1.165) is 33.0 Å². The number of carbonyl (C=O) groups excluding carboxylic acids is 2. The number of benzene rings is 4. The van der Waals surface area contributed by atoms with Crippen molar-refractivity contribution in [1.82, 2.24) is 4.98 Å². The molecule has 6 nitrogen and oxygen atoms in total. The summed E-state index contributed by atoms with van der Waals surface area (Å²) in [5, 5.41) is 7.93. The highest BCUT2D eigenvalue weighted by atomic mass is 32.2. The topological polar surface area (TPSA) is 80.3 Å². The summed E-state index contributed by atoms with van der Waals surface area (Å²) >= 11 is 2.83. The van der Waals surface area contributed by atoms with Crippen LogP contribution in [0.1, 0.15) is 33.7 Å². The van der Waals surface area contributed by atoms with Gasteiger partial charge in [0, 0.05) is 27.1 Å². The number of aryl methyl sites for hydroxylation is 1. The first-order valence-corrected chi connectivity index (χ1v) is 14.9. The number of thiazole rings is 1. The molecule has 4 aromatic carbocycles. The number of rotatable bonds is 10. The molecule has 5 rings (SSSR count). The molecule has 5 aromatic rings. The van der Waals surface area contributed by atoms with Crippen LogP contribution in [0.15, 0.2) is 113 Å². The summed E-state index contributed by atoms with van der Waals surface area (Å²) in [5.74, 6) is 0.494. The third kappa shape index (κ3) is 7.22. The molecule has 1 heterocycles. The van der Waals surface area contributed by atoms with Crippen molar-refractivity contribution in [2.75, 3.05) is 17.2 Å². The van der Waals surface area contributed by atoms with E-state index in [1.807, 2.05) is 122 Å². The maximum absolute atomic E-state index is 13.5. The predicted octanol–water partition coefficient (Wildman–Crippen LogP) is 8.24. The number of hydrogen-bond acceptors (Lipinski definition) is 6. The lowest BCUT2D eigenvalue weighted by molar-refractivity contribution is -0.115. The van der Waals surface area contributed by atoms with Gasteiger partial charge in [-0.1, -0.05) is 48.5 Å². The molecule has 41 heavy (non-hydrogen) atoms. The van der Waals surface area contributed by atoms with Gasteiger partial charge in [-0.25, -0.2) is 4.98 Å². The molecule has 1 atom stereocenters. The molecule has 0 fully saturated rings. The summed E-state index contributed by atoms with van der Waals surface area (Å²) in [7, 11) is 0. The van der Waals surface area contributed by atoms with Gasteiger partial charge in [0.05, 0.1) is 12.3 Å². The first-order valence-electron chi connectivity index (χ1n) is 13.2. The lowest BCUT2D eigenvalue weighted by atomic mass is 10.1. The molecule has 8 heteroatoms. The number of nitrogens with one attached hydrogen (secondary N) is 2. The molecule has 2 amide bonds. The Hall–Kier alpha value is -4.40. The van der Waals surface area contributed by atoms with Crippen molar-refractivity contribution in [2.45, 2.75) is 24.0 Å². The van der Waals surface area contributed by atoms with E-state index in [0.29, 0.717) is 23.0 Å². The van der Waals surface area contributed by atoms with Crippen LogP contribution in [-0.2, 0) is 4.79 Å². The van der Waals surface area contributed by atoms with Crippen LogP contribution in [0.2, 0.25) is 0 Å². The molecule has 1 unspecified atom stereocenters. The number of aromatic nitrogens is 1. The maximum Gasteiger partial charge on any atom is 0.255 e. The minimum absolute atomic E-state index is 0.155. The Morgan fingerprint density at radius 2 is 1.59 bits per heavy atom. The first-order chi connectivity index (χ1) is 20.0. The molecular formula is C33H29N3O3S2. The van der Waals surface area contributed by atoms with Gasteiger partial charge in [-0.2, -0.15) is 0 Å². The SMILES string of the molecule is CCOc1ccc(-c2csc(NC(=O)C(Sc3ccc(NC(=O)c4ccccc4C)cc3)c3ccccc3)n2)cc1. The summed E-state index contributed by atoms with van der Waals surface area (Å²) in [6.07, 6.45) is 0. The smallest absolute Gasteiger partial charge is 0.255 e. The molecular weight excluding hydrogens is 551 g/mol. The minimum Gasteiger partial charge on any atom is -0.494 e. The largest absolute Gasteiger partial charge is 0.494 e. The lowest BCUT2D eigenvalue weighted by Crippen LogP contribution is -2.19. The fourth-order valence-electron chi connectivity index (χ4n) is 4.20. The molecule has 0 spiro atoms. The Morgan fingerprint density at radius 1 is 0.878 bits per heavy atom. The van der Waals surface area contributed by atoms with Crippen molar-refractivity contribution in [1.29, 1.82) is 0 Å². The van der Waals surface area contributed by atoms with Crippen LogP contribution in [0.25, 0.3) is 11.3 Å². The van der Waals surface area contributed by atoms with Crippen molar-refractivity contribution in [3.05, 3.63) is 125 Å². The van der Waals surface area contributed by atoms with E-state index in [9.17, 15) is 9.59 Å². The summed E-state index contributed by atoms with van der Waals surface area (Å²) < 4.78 is 5.52. The normalized spacial score (nSPS) is 11.5. The van der Waals surface area contributed by atoms with Crippen LogP contribution < -0.4 is 15.4 Å². The summed E-state index contributed by atoms with van der Waals surface area (Å²) in [5.41, 5.74) is 4.87. The highest BCUT2D eigenvalue weighted by Crippen LogP contribution is 2.37. The van der Waals surface area contributed by atoms with Crippen LogP contribution in [0, 0.1) is 6.92 Å². The van der Waals surface area contributed by atoms with Gasteiger partial charge in [0.15, 0.2) is 5.13 Å². The number of carbonyl (C=O) groups is 2. The number of thioether (sulfide) groups is 1. The standard InChI is InChI=1S/C33H29N3O3S2/c1-3-39-26-17-13-23(14-18-26)29-21-40-33(35-29)36-32(38)30(24-10-5-4-6-11-24)41-27-19-15-25(16-20-27)34-31(37)28-12-8-7-9-22(28)2/h4-21,30H,3H2,1-2H3,(H,34,37)(H,35,36,38). The van der Waals surface area contributed by atoms with Crippen molar-refractivity contribution in [3.8, 4) is 17.0 Å². The van der Waals surface area contributed by atoms with Gasteiger partial charge in [0.1, 0.15) is 11.0 Å². The molecule has 206 valence electrons. The van der Waals surface area contributed by atoms with Crippen LogP contribution >= 0.6 is 23.1 Å². The molecule has 0 radical (unpaired) electrons. The van der Waals surface area contributed by atoms with E-state index in [1.54, 1.807) is 0 Å². The van der Waals surface area contributed by atoms with Gasteiger partial charge in [-0.15, -0.1) is 23.1 Å². The minimum atomic E-state index is -0.499. The third-order valence-electron chi connectivity index (χ3n) is 6.29. The average molecular weight is 580 g/mol. The number of nitrogens with zero attached hydrogens (tertiary/aromatic N) is 1. The zero-order valence-corrected chi connectivity index (χ0v) is 24.3. The molecule has 0 bridgehead atoms. The number of anilines is 2. The highest BCUT2D eigenvalue weighted by Gasteiger charge is 2.23. The highest BCUT2D eigenvalue weighted by molar-refractivity contribution is 8.00. The van der Waals surface area contributed by atoms with Crippen LogP contribution in [0.3, 0.4) is 0 Å². The van der Waals surface area contributed by atoms with Gasteiger partial charge in [-0.3, -0.25) is 9.59 Å².